The molecule has 0 fully saturated rings. The fourth-order valence-electron chi connectivity index (χ4n) is 2.14. The van der Waals surface area contributed by atoms with Gasteiger partial charge in [0.25, 0.3) is 0 Å². The van der Waals surface area contributed by atoms with E-state index in [9.17, 15) is 0 Å². The molecule has 114 valence electrons. The molecular formula is C16H24N4O. The van der Waals surface area contributed by atoms with Crippen LogP contribution in [0.1, 0.15) is 31.5 Å². The van der Waals surface area contributed by atoms with Gasteiger partial charge in [0, 0.05) is 24.0 Å². The van der Waals surface area contributed by atoms with Gasteiger partial charge in [-0.05, 0) is 51.3 Å². The van der Waals surface area contributed by atoms with Crippen LogP contribution in [0.2, 0.25) is 0 Å². The van der Waals surface area contributed by atoms with E-state index in [1.165, 1.54) is 5.56 Å². The van der Waals surface area contributed by atoms with E-state index in [-0.39, 0.29) is 6.10 Å². The number of hydrogen-bond donors (Lipinski definition) is 3. The summed E-state index contributed by atoms with van der Waals surface area (Å²) in [5.74, 6) is 0.737. The van der Waals surface area contributed by atoms with Crippen LogP contribution in [0.15, 0.2) is 24.4 Å². The maximum absolute atomic E-state index is 5.91. The first-order valence-corrected chi connectivity index (χ1v) is 7.35. The molecular weight excluding hydrogens is 264 g/mol. The molecule has 2 aromatic rings. The zero-order valence-electron chi connectivity index (χ0n) is 12.9. The predicted molar refractivity (Wildman–Crippen MR) is 86.8 cm³/mol. The molecule has 0 bridgehead atoms. The zero-order valence-corrected chi connectivity index (χ0v) is 12.9. The SMILES string of the molecule is Cc1[nH]ncc1CCCNc1ccc(N)c(OC(C)C)c1. The van der Waals surface area contributed by atoms with Gasteiger partial charge in [-0.1, -0.05) is 0 Å². The van der Waals surface area contributed by atoms with E-state index in [1.54, 1.807) is 0 Å². The molecule has 0 saturated carbocycles. The highest BCUT2D eigenvalue weighted by Gasteiger charge is 2.05. The lowest BCUT2D eigenvalue weighted by Crippen LogP contribution is -2.08. The molecule has 5 heteroatoms. The van der Waals surface area contributed by atoms with Gasteiger partial charge in [0.1, 0.15) is 5.75 Å². The van der Waals surface area contributed by atoms with Crippen molar-refractivity contribution in [1.82, 2.24) is 10.2 Å². The van der Waals surface area contributed by atoms with Gasteiger partial charge in [0.15, 0.2) is 0 Å². The first kappa shape index (κ1) is 15.2. The summed E-state index contributed by atoms with van der Waals surface area (Å²) in [6, 6.07) is 5.81. The van der Waals surface area contributed by atoms with Crippen LogP contribution in [-0.4, -0.2) is 22.8 Å². The zero-order chi connectivity index (χ0) is 15.2. The molecule has 5 nitrogen and oxygen atoms in total. The topological polar surface area (TPSA) is 76.0 Å². The number of H-pyrrole nitrogens is 1. The Morgan fingerprint density at radius 3 is 2.86 bits per heavy atom. The second-order valence-corrected chi connectivity index (χ2v) is 5.47. The van der Waals surface area contributed by atoms with E-state index in [0.29, 0.717) is 5.69 Å². The maximum atomic E-state index is 5.91. The van der Waals surface area contributed by atoms with Crippen LogP contribution in [0.4, 0.5) is 11.4 Å². The van der Waals surface area contributed by atoms with Crippen LogP contribution in [0.25, 0.3) is 0 Å². The molecule has 0 aliphatic heterocycles. The fourth-order valence-corrected chi connectivity index (χ4v) is 2.14. The number of aromatic nitrogens is 2. The molecule has 0 unspecified atom stereocenters. The molecule has 0 saturated heterocycles. The van der Waals surface area contributed by atoms with Crippen molar-refractivity contribution in [3.63, 3.8) is 0 Å². The smallest absolute Gasteiger partial charge is 0.144 e. The molecule has 0 radical (unpaired) electrons. The lowest BCUT2D eigenvalue weighted by molar-refractivity contribution is 0.244. The van der Waals surface area contributed by atoms with Crippen LogP contribution in [-0.2, 0) is 6.42 Å². The van der Waals surface area contributed by atoms with Gasteiger partial charge in [0.2, 0.25) is 0 Å². The van der Waals surface area contributed by atoms with E-state index in [1.807, 2.05) is 45.2 Å². The number of ether oxygens (including phenoxy) is 1. The van der Waals surface area contributed by atoms with Crippen molar-refractivity contribution < 1.29 is 4.74 Å². The Hall–Kier alpha value is -2.17. The second kappa shape index (κ2) is 7.02. The quantitative estimate of drug-likeness (QED) is 0.540. The second-order valence-electron chi connectivity index (χ2n) is 5.47. The van der Waals surface area contributed by atoms with Crippen LogP contribution in [0.5, 0.6) is 5.75 Å². The average molecular weight is 288 g/mol. The van der Waals surface area contributed by atoms with Crippen molar-refractivity contribution >= 4 is 11.4 Å². The third kappa shape index (κ3) is 4.41. The number of nitrogens with two attached hydrogens (primary N) is 1. The van der Waals surface area contributed by atoms with Gasteiger partial charge in [0.05, 0.1) is 18.0 Å². The van der Waals surface area contributed by atoms with Gasteiger partial charge >= 0.3 is 0 Å². The summed E-state index contributed by atoms with van der Waals surface area (Å²) in [6.45, 7) is 6.93. The number of anilines is 2. The van der Waals surface area contributed by atoms with Crippen LogP contribution in [0.3, 0.4) is 0 Å². The Kier molecular flexibility index (Phi) is 5.09. The van der Waals surface area contributed by atoms with Crippen molar-refractivity contribution in [2.75, 3.05) is 17.6 Å². The van der Waals surface area contributed by atoms with E-state index in [0.717, 1.165) is 36.5 Å². The summed E-state index contributed by atoms with van der Waals surface area (Å²) >= 11 is 0. The van der Waals surface area contributed by atoms with Crippen molar-refractivity contribution in [1.29, 1.82) is 0 Å². The van der Waals surface area contributed by atoms with Crippen LogP contribution >= 0.6 is 0 Å². The summed E-state index contributed by atoms with van der Waals surface area (Å²) in [4.78, 5) is 0. The molecule has 4 N–H and O–H groups in total. The molecule has 0 atom stereocenters. The van der Waals surface area contributed by atoms with Gasteiger partial charge in [-0.25, -0.2) is 0 Å². The summed E-state index contributed by atoms with van der Waals surface area (Å²) in [6.07, 6.45) is 4.07. The monoisotopic (exact) mass is 288 g/mol. The largest absolute Gasteiger partial charge is 0.489 e. The summed E-state index contributed by atoms with van der Waals surface area (Å²) < 4.78 is 5.69. The highest BCUT2D eigenvalue weighted by Crippen LogP contribution is 2.26. The highest BCUT2D eigenvalue weighted by molar-refractivity contribution is 5.61. The number of nitrogens with one attached hydrogen (secondary N) is 2. The number of nitrogen functional groups attached to an aromatic ring is 1. The minimum Gasteiger partial charge on any atom is -0.489 e. The van der Waals surface area contributed by atoms with E-state index >= 15 is 0 Å². The number of hydrogen-bond acceptors (Lipinski definition) is 4. The maximum Gasteiger partial charge on any atom is 0.144 e. The molecule has 1 heterocycles. The standard InChI is InChI=1S/C16H24N4O/c1-11(2)21-16-9-14(6-7-15(16)17)18-8-4-5-13-10-19-20-12(13)3/h6-7,9-11,18H,4-5,8,17H2,1-3H3,(H,19,20). The minimum absolute atomic E-state index is 0.117. The summed E-state index contributed by atoms with van der Waals surface area (Å²) in [5.41, 5.74) is 10.0. The van der Waals surface area contributed by atoms with E-state index < -0.39 is 0 Å². The molecule has 1 aromatic carbocycles. The predicted octanol–water partition coefficient (Wildman–Crippen LogP) is 3.13. The first-order chi connectivity index (χ1) is 10.1. The van der Waals surface area contributed by atoms with Crippen LogP contribution in [0, 0.1) is 6.92 Å². The molecule has 0 aliphatic carbocycles. The van der Waals surface area contributed by atoms with Crippen molar-refractivity contribution in [3.05, 3.63) is 35.7 Å². The van der Waals surface area contributed by atoms with Crippen molar-refractivity contribution in [3.8, 4) is 5.75 Å². The number of rotatable bonds is 7. The number of nitrogens with zero attached hydrogens (tertiary/aromatic N) is 1. The van der Waals surface area contributed by atoms with Crippen molar-refractivity contribution in [2.24, 2.45) is 0 Å². The number of benzene rings is 1. The average Bonchev–Trinajstić information content (AvgIpc) is 2.83. The normalized spacial score (nSPS) is 10.9. The van der Waals surface area contributed by atoms with Gasteiger partial charge < -0.3 is 15.8 Å². The van der Waals surface area contributed by atoms with Crippen LogP contribution < -0.4 is 15.8 Å². The third-order valence-electron chi connectivity index (χ3n) is 3.26. The number of aryl methyl sites for hydroxylation is 2. The summed E-state index contributed by atoms with van der Waals surface area (Å²) in [5, 5.41) is 10.4. The molecule has 1 aromatic heterocycles. The molecule has 0 spiro atoms. The number of aromatic amines is 1. The van der Waals surface area contributed by atoms with Crippen molar-refractivity contribution in [2.45, 2.75) is 39.7 Å². The molecule has 0 aliphatic rings. The fraction of sp³-hybridized carbons (Fsp3) is 0.438. The molecule has 0 amide bonds. The molecule has 21 heavy (non-hydrogen) atoms. The Morgan fingerprint density at radius 2 is 2.19 bits per heavy atom. The van der Waals surface area contributed by atoms with Gasteiger partial charge in [-0.3, -0.25) is 5.10 Å². The molecule has 2 rings (SSSR count). The lowest BCUT2D eigenvalue weighted by atomic mass is 10.1. The first-order valence-electron chi connectivity index (χ1n) is 7.35. The Labute approximate surface area is 125 Å². The third-order valence-corrected chi connectivity index (χ3v) is 3.26. The Balaban J connectivity index is 1.84. The Morgan fingerprint density at radius 1 is 1.38 bits per heavy atom. The van der Waals surface area contributed by atoms with Gasteiger partial charge in [-0.2, -0.15) is 5.10 Å². The van der Waals surface area contributed by atoms with Gasteiger partial charge in [-0.15, -0.1) is 0 Å². The minimum atomic E-state index is 0.117. The van der Waals surface area contributed by atoms with E-state index in [4.69, 9.17) is 10.5 Å². The summed E-state index contributed by atoms with van der Waals surface area (Å²) in [7, 11) is 0. The van der Waals surface area contributed by atoms with E-state index in [2.05, 4.69) is 15.5 Å². The lowest BCUT2D eigenvalue weighted by Gasteiger charge is -2.14. The Bertz CT molecular complexity index is 577. The highest BCUT2D eigenvalue weighted by atomic mass is 16.5.